The Kier molecular flexibility index (Phi) is 6.02. The van der Waals surface area contributed by atoms with E-state index >= 15 is 0 Å². The molecule has 1 saturated heterocycles. The fraction of sp³-hybridized carbons (Fsp3) is 0.375. The van der Waals surface area contributed by atoms with Gasteiger partial charge in [-0.05, 0) is 31.1 Å². The molecule has 0 radical (unpaired) electrons. The maximum atomic E-state index is 10.8. The number of hydrogen-bond acceptors (Lipinski definition) is 6. The van der Waals surface area contributed by atoms with Crippen molar-refractivity contribution >= 4 is 34.8 Å². The Morgan fingerprint density at radius 3 is 2.44 bits per heavy atom. The van der Waals surface area contributed by atoms with Crippen LogP contribution in [0.1, 0.15) is 31.3 Å². The number of nitro benzene ring substituents is 1. The molecule has 0 bridgehead atoms. The Bertz CT molecular complexity index is 805. The predicted octanol–water partition coefficient (Wildman–Crippen LogP) is 4.06. The highest BCUT2D eigenvalue weighted by Gasteiger charge is 2.21. The minimum absolute atomic E-state index is 0.111. The highest BCUT2D eigenvalue weighted by molar-refractivity contribution is 7.99. The van der Waals surface area contributed by atoms with E-state index in [1.165, 1.54) is 22.9 Å². The molecule has 0 saturated carbocycles. The van der Waals surface area contributed by atoms with Gasteiger partial charge in [-0.2, -0.15) is 5.06 Å². The van der Waals surface area contributed by atoms with Gasteiger partial charge in [0.25, 0.3) is 5.69 Å². The fourth-order valence-electron chi connectivity index (χ4n) is 1.98. The molecule has 1 fully saturated rings. The maximum absolute atomic E-state index is 10.8. The molecule has 25 heavy (non-hydrogen) atoms. The molecular formula is C16H20N4O3S2. The van der Waals surface area contributed by atoms with Gasteiger partial charge >= 0.3 is 5.17 Å². The summed E-state index contributed by atoms with van der Waals surface area (Å²) in [6.45, 7) is 6.15. The van der Waals surface area contributed by atoms with E-state index in [2.05, 4.69) is 35.9 Å². The highest BCUT2D eigenvalue weighted by Crippen LogP contribution is 2.35. The standard InChI is InChI=1S/C14H17N3O2S.C2H3NOS/c1-9(2)13-14(16(4)10(3)15-13)20-12-7-5-6-11(8-12)17(18)19;1-3-2(5)4-3/h5-9H,1-4H3;1H3. The van der Waals surface area contributed by atoms with Gasteiger partial charge in [0.1, 0.15) is 10.9 Å². The maximum Gasteiger partial charge on any atom is 0.322 e. The number of nitro groups is 1. The zero-order valence-corrected chi connectivity index (χ0v) is 16.3. The molecule has 1 aliphatic rings. The van der Waals surface area contributed by atoms with Crippen LogP contribution in [0.5, 0.6) is 0 Å². The second-order valence-corrected chi connectivity index (χ2v) is 7.19. The van der Waals surface area contributed by atoms with E-state index < -0.39 is 0 Å². The van der Waals surface area contributed by atoms with Crippen LogP contribution in [0.25, 0.3) is 0 Å². The molecule has 0 unspecified atom stereocenters. The Morgan fingerprint density at radius 1 is 1.36 bits per heavy atom. The molecule has 7 nitrogen and oxygen atoms in total. The number of aryl methyl sites for hydroxylation is 1. The van der Waals surface area contributed by atoms with E-state index in [9.17, 15) is 10.1 Å². The lowest BCUT2D eigenvalue weighted by atomic mass is 10.2. The van der Waals surface area contributed by atoms with Crippen molar-refractivity contribution < 1.29 is 9.76 Å². The summed E-state index contributed by atoms with van der Waals surface area (Å²) in [5, 5.41) is 14.0. The molecule has 0 amide bonds. The molecule has 3 rings (SSSR count). The average Bonchev–Trinajstić information content (AvgIpc) is 3.13. The molecule has 1 aliphatic heterocycles. The lowest BCUT2D eigenvalue weighted by Gasteiger charge is -2.08. The topological polar surface area (TPSA) is 76.5 Å². The lowest BCUT2D eigenvalue weighted by Crippen LogP contribution is -1.95. The Labute approximate surface area is 156 Å². The average molecular weight is 380 g/mol. The van der Waals surface area contributed by atoms with E-state index in [1.54, 1.807) is 19.2 Å². The molecular weight excluding hydrogens is 360 g/mol. The van der Waals surface area contributed by atoms with Gasteiger partial charge in [-0.1, -0.05) is 31.7 Å². The van der Waals surface area contributed by atoms with Gasteiger partial charge < -0.3 is 9.40 Å². The number of benzene rings is 1. The number of imidazole rings is 1. The molecule has 0 spiro atoms. The van der Waals surface area contributed by atoms with Gasteiger partial charge in [0.05, 0.1) is 10.6 Å². The first kappa shape index (κ1) is 19.2. The quantitative estimate of drug-likeness (QED) is 0.343. The molecule has 2 heterocycles. The summed E-state index contributed by atoms with van der Waals surface area (Å²) >= 11 is 5.99. The van der Waals surface area contributed by atoms with Crippen LogP contribution in [0.4, 0.5) is 5.69 Å². The number of hydroxylamine groups is 2. The highest BCUT2D eigenvalue weighted by atomic mass is 32.2. The van der Waals surface area contributed by atoms with Gasteiger partial charge in [-0.3, -0.25) is 10.1 Å². The number of rotatable bonds is 4. The molecule has 0 N–H and O–H groups in total. The van der Waals surface area contributed by atoms with Gasteiger partial charge in [-0.25, -0.2) is 4.98 Å². The summed E-state index contributed by atoms with van der Waals surface area (Å²) in [4.78, 5) is 20.4. The van der Waals surface area contributed by atoms with Crippen molar-refractivity contribution in [3.63, 3.8) is 0 Å². The van der Waals surface area contributed by atoms with E-state index in [4.69, 9.17) is 0 Å². The van der Waals surface area contributed by atoms with E-state index in [-0.39, 0.29) is 10.6 Å². The third-order valence-corrected chi connectivity index (χ3v) is 5.02. The number of nitrogens with zero attached hydrogens (tertiary/aromatic N) is 4. The van der Waals surface area contributed by atoms with Gasteiger partial charge in [0, 0.05) is 31.1 Å². The van der Waals surface area contributed by atoms with Crippen LogP contribution in [0.15, 0.2) is 34.2 Å². The van der Waals surface area contributed by atoms with Crippen LogP contribution < -0.4 is 0 Å². The van der Waals surface area contributed by atoms with Gasteiger partial charge in [0.15, 0.2) is 0 Å². The van der Waals surface area contributed by atoms with E-state index in [1.807, 2.05) is 24.6 Å². The van der Waals surface area contributed by atoms with E-state index in [0.717, 1.165) is 21.4 Å². The number of non-ortho nitro benzene ring substituents is 1. The summed E-state index contributed by atoms with van der Waals surface area (Å²) in [5.41, 5.74) is 1.14. The summed E-state index contributed by atoms with van der Waals surface area (Å²) < 4.78 is 2.03. The van der Waals surface area contributed by atoms with Crippen molar-refractivity contribution in [2.45, 2.75) is 36.6 Å². The summed E-state index contributed by atoms with van der Waals surface area (Å²) in [6, 6.07) is 6.68. The number of thiocarbonyl (C=S) groups is 1. The fourth-order valence-corrected chi connectivity index (χ4v) is 3.30. The molecule has 0 aliphatic carbocycles. The van der Waals surface area contributed by atoms with E-state index in [0.29, 0.717) is 11.1 Å². The first-order chi connectivity index (χ1) is 11.7. The molecule has 134 valence electrons. The van der Waals surface area contributed by atoms with Crippen LogP contribution >= 0.6 is 24.0 Å². The third-order valence-electron chi connectivity index (χ3n) is 3.52. The molecule has 0 atom stereocenters. The summed E-state index contributed by atoms with van der Waals surface area (Å²) in [7, 11) is 3.73. The normalized spacial score (nSPS) is 12.6. The van der Waals surface area contributed by atoms with Crippen molar-refractivity contribution in [3.05, 3.63) is 45.9 Å². The van der Waals surface area contributed by atoms with Crippen molar-refractivity contribution in [3.8, 4) is 0 Å². The molecule has 9 heteroatoms. The minimum atomic E-state index is -0.373. The van der Waals surface area contributed by atoms with Gasteiger partial charge in [-0.15, -0.1) is 0 Å². The monoisotopic (exact) mass is 380 g/mol. The zero-order valence-electron chi connectivity index (χ0n) is 14.7. The zero-order chi connectivity index (χ0) is 18.7. The third kappa shape index (κ3) is 4.93. The van der Waals surface area contributed by atoms with Gasteiger partial charge in [0.2, 0.25) is 0 Å². The minimum Gasteiger partial charge on any atom is -0.342 e. The molecule has 1 aromatic carbocycles. The Balaban J connectivity index is 0.000000386. The summed E-state index contributed by atoms with van der Waals surface area (Å²) in [5.74, 6) is 1.26. The van der Waals surface area contributed by atoms with Crippen LogP contribution in [0, 0.1) is 17.0 Å². The lowest BCUT2D eigenvalue weighted by molar-refractivity contribution is -0.385. The van der Waals surface area contributed by atoms with Crippen LogP contribution in [-0.4, -0.2) is 31.8 Å². The Hall–Kier alpha value is -2.13. The summed E-state index contributed by atoms with van der Waals surface area (Å²) in [6.07, 6.45) is 0. The van der Waals surface area contributed by atoms with Crippen molar-refractivity contribution in [2.75, 3.05) is 7.05 Å². The van der Waals surface area contributed by atoms with Crippen molar-refractivity contribution in [2.24, 2.45) is 7.05 Å². The first-order valence-electron chi connectivity index (χ1n) is 7.62. The first-order valence-corrected chi connectivity index (χ1v) is 8.84. The van der Waals surface area contributed by atoms with Crippen molar-refractivity contribution in [1.82, 2.24) is 14.6 Å². The largest absolute Gasteiger partial charge is 0.342 e. The molecule has 1 aromatic heterocycles. The molecule has 2 aromatic rings. The van der Waals surface area contributed by atoms with Crippen LogP contribution in [-0.2, 0) is 11.9 Å². The van der Waals surface area contributed by atoms with Crippen molar-refractivity contribution in [1.29, 1.82) is 0 Å². The predicted molar refractivity (Wildman–Crippen MR) is 101 cm³/mol. The van der Waals surface area contributed by atoms with Crippen LogP contribution in [0.3, 0.4) is 0 Å². The SMILES string of the molecule is CN1OC1=S.Cc1nc(C(C)C)c(Sc2cccc([N+](=O)[O-])c2)n1C. The smallest absolute Gasteiger partial charge is 0.322 e. The second-order valence-electron chi connectivity index (χ2n) is 5.77. The Morgan fingerprint density at radius 2 is 1.96 bits per heavy atom. The second kappa shape index (κ2) is 7.83. The number of hydrogen-bond donors (Lipinski definition) is 0. The van der Waals surface area contributed by atoms with Crippen LogP contribution in [0.2, 0.25) is 0 Å². The number of aromatic nitrogens is 2.